The summed E-state index contributed by atoms with van der Waals surface area (Å²) in [5, 5.41) is 7.16. The predicted octanol–water partition coefficient (Wildman–Crippen LogP) is 8.46. The Morgan fingerprint density at radius 3 is 2.50 bits per heavy atom. The van der Waals surface area contributed by atoms with Crippen molar-refractivity contribution < 1.29 is 31.5 Å². The molecule has 46 heavy (non-hydrogen) atoms. The van der Waals surface area contributed by atoms with Crippen LogP contribution < -0.4 is 15.0 Å². The molecule has 0 aliphatic carbocycles. The molecule has 4 aromatic rings. The number of hydrogen-bond donors (Lipinski definition) is 1. The lowest BCUT2D eigenvalue weighted by Crippen LogP contribution is -2.42. The minimum Gasteiger partial charge on any atom is -0.406 e. The smallest absolute Gasteiger partial charge is 0.406 e. The number of rotatable bonds is 7. The van der Waals surface area contributed by atoms with Crippen LogP contribution in [0.5, 0.6) is 5.75 Å². The zero-order valence-electron chi connectivity index (χ0n) is 24.9. The maximum atomic E-state index is 15.0. The first-order valence-corrected chi connectivity index (χ1v) is 15.2. The van der Waals surface area contributed by atoms with E-state index in [0.717, 1.165) is 41.8 Å². The molecule has 0 radical (unpaired) electrons. The van der Waals surface area contributed by atoms with Gasteiger partial charge in [-0.05, 0) is 67.3 Å². The standard InChI is InChI=1S/C32H29F5N6O2S/c1-19(2)26-16-23(33)8-13-28(26)43-20(3)14-15-46-31(43)40-30(44)38-17-27(34)21-4-6-22(7-5-21)29-39-18-42(41-29)24-9-11-25(12-10-24)45-32(35,36)37/h4-13,16-20H,14-15H2,1-3H3,(H,38,44)/b27-17-,40-31?. The van der Waals surface area contributed by atoms with Crippen molar-refractivity contribution >= 4 is 34.5 Å². The van der Waals surface area contributed by atoms with Crippen molar-refractivity contribution in [3.8, 4) is 22.8 Å². The predicted molar refractivity (Wildman–Crippen MR) is 168 cm³/mol. The minimum absolute atomic E-state index is 0.0147. The number of nitrogens with zero attached hydrogens (tertiary/aromatic N) is 5. The first-order chi connectivity index (χ1) is 21.9. The van der Waals surface area contributed by atoms with Crippen molar-refractivity contribution in [3.05, 3.63) is 96.2 Å². The molecular weight excluding hydrogens is 627 g/mol. The second-order valence-corrected chi connectivity index (χ2v) is 11.7. The number of aliphatic imine (C=N–C) groups is 1. The Kier molecular flexibility index (Phi) is 9.75. The normalized spacial score (nSPS) is 16.6. The van der Waals surface area contributed by atoms with E-state index < -0.39 is 18.2 Å². The van der Waals surface area contributed by atoms with Gasteiger partial charge in [-0.25, -0.2) is 23.2 Å². The minimum atomic E-state index is -4.79. The van der Waals surface area contributed by atoms with Crippen LogP contribution in [0.4, 0.5) is 32.4 Å². The average molecular weight is 657 g/mol. The number of amides is 2. The number of urea groups is 1. The van der Waals surface area contributed by atoms with E-state index in [2.05, 4.69) is 25.1 Å². The number of carbonyl (C=O) groups excluding carboxylic acids is 1. The van der Waals surface area contributed by atoms with Crippen LogP contribution in [0.1, 0.15) is 44.2 Å². The number of aromatic nitrogens is 3. The molecule has 1 N–H and O–H groups in total. The Morgan fingerprint density at radius 2 is 1.83 bits per heavy atom. The Morgan fingerprint density at radius 1 is 1.11 bits per heavy atom. The number of carbonyl (C=O) groups is 1. The Labute approximate surface area is 266 Å². The maximum Gasteiger partial charge on any atom is 0.573 e. The number of hydrogen-bond acceptors (Lipinski definition) is 5. The van der Waals surface area contributed by atoms with E-state index >= 15 is 0 Å². The van der Waals surface area contributed by atoms with Crippen LogP contribution in [0, 0.1) is 5.82 Å². The highest BCUT2D eigenvalue weighted by Gasteiger charge is 2.31. The molecule has 14 heteroatoms. The van der Waals surface area contributed by atoms with Crippen LogP contribution in [0.2, 0.25) is 0 Å². The molecule has 1 aliphatic heterocycles. The number of halogens is 5. The molecule has 2 amide bonds. The number of benzene rings is 3. The van der Waals surface area contributed by atoms with Gasteiger partial charge < -0.3 is 15.0 Å². The number of anilines is 1. The molecule has 240 valence electrons. The van der Waals surface area contributed by atoms with Gasteiger partial charge in [-0.15, -0.1) is 18.3 Å². The largest absolute Gasteiger partial charge is 0.573 e. The Bertz CT molecular complexity index is 1750. The van der Waals surface area contributed by atoms with Gasteiger partial charge in [-0.1, -0.05) is 49.9 Å². The van der Waals surface area contributed by atoms with Crippen molar-refractivity contribution in [2.45, 2.75) is 45.5 Å². The van der Waals surface area contributed by atoms with Crippen LogP contribution >= 0.6 is 11.8 Å². The van der Waals surface area contributed by atoms with Crippen LogP contribution in [-0.2, 0) is 0 Å². The second kappa shape index (κ2) is 13.7. The maximum absolute atomic E-state index is 15.0. The van der Waals surface area contributed by atoms with E-state index in [1.807, 2.05) is 25.7 Å². The summed E-state index contributed by atoms with van der Waals surface area (Å²) in [6.45, 7) is 5.95. The van der Waals surface area contributed by atoms with Gasteiger partial charge in [0, 0.05) is 34.8 Å². The molecule has 0 saturated carbocycles. The molecule has 1 saturated heterocycles. The quantitative estimate of drug-likeness (QED) is 0.201. The lowest BCUT2D eigenvalue weighted by molar-refractivity contribution is -0.274. The third-order valence-corrected chi connectivity index (χ3v) is 8.04. The first kappa shape index (κ1) is 32.7. The summed E-state index contributed by atoms with van der Waals surface area (Å²) in [5.74, 6) is -0.317. The molecule has 0 bridgehead atoms. The van der Waals surface area contributed by atoms with E-state index in [0.29, 0.717) is 22.2 Å². The van der Waals surface area contributed by atoms with Crippen molar-refractivity contribution in [2.24, 2.45) is 4.99 Å². The molecule has 0 spiro atoms. The lowest BCUT2D eigenvalue weighted by Gasteiger charge is -2.37. The summed E-state index contributed by atoms with van der Waals surface area (Å²) < 4.78 is 71.5. The molecule has 3 aromatic carbocycles. The first-order valence-electron chi connectivity index (χ1n) is 14.2. The third kappa shape index (κ3) is 7.91. The summed E-state index contributed by atoms with van der Waals surface area (Å²) in [6, 6.07) is 15.1. The van der Waals surface area contributed by atoms with Gasteiger partial charge in [0.05, 0.1) is 5.69 Å². The van der Waals surface area contributed by atoms with Crippen LogP contribution in [0.25, 0.3) is 22.9 Å². The zero-order chi connectivity index (χ0) is 33.0. The molecule has 1 aromatic heterocycles. The molecule has 1 unspecified atom stereocenters. The van der Waals surface area contributed by atoms with Gasteiger partial charge >= 0.3 is 12.4 Å². The van der Waals surface area contributed by atoms with Gasteiger partial charge in [-0.3, -0.25) is 0 Å². The van der Waals surface area contributed by atoms with Crippen LogP contribution in [0.3, 0.4) is 0 Å². The van der Waals surface area contributed by atoms with Crippen molar-refractivity contribution in [3.63, 3.8) is 0 Å². The fraction of sp³-hybridized carbons (Fsp3) is 0.250. The fourth-order valence-electron chi connectivity index (χ4n) is 4.77. The van der Waals surface area contributed by atoms with Crippen molar-refractivity contribution in [1.29, 1.82) is 0 Å². The van der Waals surface area contributed by atoms with Gasteiger partial charge in [0.15, 0.2) is 11.0 Å². The van der Waals surface area contributed by atoms with Crippen LogP contribution in [-0.4, -0.2) is 44.1 Å². The van der Waals surface area contributed by atoms with Crippen LogP contribution in [0.15, 0.2) is 84.2 Å². The highest BCUT2D eigenvalue weighted by atomic mass is 32.2. The fourth-order valence-corrected chi connectivity index (χ4v) is 5.97. The zero-order valence-corrected chi connectivity index (χ0v) is 25.7. The summed E-state index contributed by atoms with van der Waals surface area (Å²) in [5.41, 5.74) is 2.78. The molecule has 8 nitrogen and oxygen atoms in total. The second-order valence-electron chi connectivity index (χ2n) is 10.7. The number of amidine groups is 1. The van der Waals surface area contributed by atoms with Gasteiger partial charge in [-0.2, -0.15) is 4.99 Å². The molecule has 1 aliphatic rings. The van der Waals surface area contributed by atoms with E-state index in [1.54, 1.807) is 18.2 Å². The van der Waals surface area contributed by atoms with E-state index in [1.165, 1.54) is 59.2 Å². The molecule has 1 atom stereocenters. The number of ether oxygens (including phenoxy) is 1. The molecule has 2 heterocycles. The average Bonchev–Trinajstić information content (AvgIpc) is 3.50. The third-order valence-electron chi connectivity index (χ3n) is 7.05. The van der Waals surface area contributed by atoms with Gasteiger partial charge in [0.25, 0.3) is 0 Å². The number of alkyl halides is 3. The van der Waals surface area contributed by atoms with Gasteiger partial charge in [0.2, 0.25) is 0 Å². The summed E-state index contributed by atoms with van der Waals surface area (Å²) in [7, 11) is 0. The topological polar surface area (TPSA) is 84.6 Å². The SMILES string of the molecule is CC(C)c1cc(F)ccc1N1C(=NC(=O)N/C=C(\F)c2ccc(-c3ncn(-c4ccc(OC(F)(F)F)cc4)n3)cc2)SCCC1C. The highest BCUT2D eigenvalue weighted by Crippen LogP contribution is 2.35. The van der Waals surface area contributed by atoms with E-state index in [9.17, 15) is 26.7 Å². The van der Waals surface area contributed by atoms with Crippen molar-refractivity contribution in [1.82, 2.24) is 20.1 Å². The van der Waals surface area contributed by atoms with Gasteiger partial charge in [0.1, 0.15) is 23.7 Å². The monoisotopic (exact) mass is 656 g/mol. The summed E-state index contributed by atoms with van der Waals surface area (Å²) in [6.07, 6.45) is -1.62. The molecular formula is C32H29F5N6O2S. The van der Waals surface area contributed by atoms with E-state index in [4.69, 9.17) is 0 Å². The summed E-state index contributed by atoms with van der Waals surface area (Å²) in [4.78, 5) is 23.1. The van der Waals surface area contributed by atoms with Crippen molar-refractivity contribution in [2.75, 3.05) is 10.7 Å². The molecule has 1 fully saturated rings. The number of nitrogens with one attached hydrogen (secondary N) is 1. The Balaban J connectivity index is 1.26. The van der Waals surface area contributed by atoms with E-state index in [-0.39, 0.29) is 29.1 Å². The Hall–Kier alpha value is -4.72. The summed E-state index contributed by atoms with van der Waals surface area (Å²) >= 11 is 1.40. The highest BCUT2D eigenvalue weighted by molar-refractivity contribution is 8.14. The lowest BCUT2D eigenvalue weighted by atomic mass is 9.99. The molecule has 5 rings (SSSR count). The number of thioether (sulfide) groups is 1.